The summed E-state index contributed by atoms with van der Waals surface area (Å²) < 4.78 is 0. The molecule has 0 bridgehead atoms. The van der Waals surface area contributed by atoms with E-state index in [1.54, 1.807) is 0 Å². The van der Waals surface area contributed by atoms with E-state index in [9.17, 15) is 0 Å². The van der Waals surface area contributed by atoms with E-state index in [0.717, 1.165) is 26.2 Å². The molecule has 0 rings (SSSR count). The maximum Gasteiger partial charge on any atom is 1.00 e. The molecule has 13 heavy (non-hydrogen) atoms. The van der Waals surface area contributed by atoms with Crippen LogP contribution in [0.4, 0.5) is 0 Å². The summed E-state index contributed by atoms with van der Waals surface area (Å²) >= 11 is 0. The van der Waals surface area contributed by atoms with Crippen LogP contribution in [-0.4, -0.2) is 64.2 Å². The molecule has 0 saturated carbocycles. The van der Waals surface area contributed by atoms with Gasteiger partial charge in [-0.3, -0.25) is 0 Å². The summed E-state index contributed by atoms with van der Waals surface area (Å²) in [5, 5.41) is 4.42. The molecule has 0 aromatic carbocycles. The van der Waals surface area contributed by atoms with Crippen LogP contribution in [0, 0.1) is 0 Å². The zero-order valence-corrected chi connectivity index (χ0v) is 9.88. The number of rotatable bonds is 7. The standard InChI is InChI=1S/C9H22N3.Li/c1-11(2)8-5-6-10-7-9-12(3)4;/h5-9H2,1-4H3;/q-1;+1. The van der Waals surface area contributed by atoms with Crippen LogP contribution in [0.5, 0.6) is 0 Å². The molecule has 0 unspecified atom stereocenters. The van der Waals surface area contributed by atoms with E-state index >= 15 is 0 Å². The van der Waals surface area contributed by atoms with E-state index < -0.39 is 0 Å². The van der Waals surface area contributed by atoms with Gasteiger partial charge in [0.05, 0.1) is 0 Å². The van der Waals surface area contributed by atoms with Gasteiger partial charge in [0.15, 0.2) is 0 Å². The van der Waals surface area contributed by atoms with Crippen molar-refractivity contribution >= 4 is 0 Å². The van der Waals surface area contributed by atoms with Crippen LogP contribution in [0.25, 0.3) is 5.32 Å². The summed E-state index contributed by atoms with van der Waals surface area (Å²) in [6.07, 6.45) is 1.18. The second-order valence-electron chi connectivity index (χ2n) is 3.63. The molecular weight excluding hydrogens is 157 g/mol. The Kier molecular flexibility index (Phi) is 12.9. The summed E-state index contributed by atoms with van der Waals surface area (Å²) in [6.45, 7) is 4.19. The molecule has 0 aliphatic heterocycles. The van der Waals surface area contributed by atoms with Crippen molar-refractivity contribution in [3.63, 3.8) is 0 Å². The fourth-order valence-corrected chi connectivity index (χ4v) is 0.881. The van der Waals surface area contributed by atoms with Crippen molar-refractivity contribution < 1.29 is 18.9 Å². The smallest absolute Gasteiger partial charge is 0.661 e. The SMILES string of the molecule is CN(C)CCC[N-]CCN(C)C.[Li+]. The third-order valence-corrected chi connectivity index (χ3v) is 1.63. The zero-order valence-electron chi connectivity index (χ0n) is 9.88. The number of likely N-dealkylation sites (N-methyl/N-ethyl adjacent to an activating group) is 1. The normalized spacial score (nSPS) is 10.6. The van der Waals surface area contributed by atoms with Crippen molar-refractivity contribution in [2.24, 2.45) is 0 Å². The Bertz CT molecular complexity index is 84.9. The van der Waals surface area contributed by atoms with Crippen LogP contribution in [0.1, 0.15) is 6.42 Å². The monoisotopic (exact) mass is 179 g/mol. The van der Waals surface area contributed by atoms with Crippen molar-refractivity contribution in [1.29, 1.82) is 0 Å². The predicted molar refractivity (Wildman–Crippen MR) is 54.8 cm³/mol. The quantitative estimate of drug-likeness (QED) is 0.329. The topological polar surface area (TPSA) is 20.6 Å². The Labute approximate surface area is 95.0 Å². The van der Waals surface area contributed by atoms with Gasteiger partial charge < -0.3 is 15.1 Å². The molecule has 0 fully saturated rings. The van der Waals surface area contributed by atoms with E-state index in [1.165, 1.54) is 6.42 Å². The first-order valence-electron chi connectivity index (χ1n) is 4.55. The van der Waals surface area contributed by atoms with Crippen molar-refractivity contribution in [3.05, 3.63) is 5.32 Å². The molecule has 0 radical (unpaired) electrons. The van der Waals surface area contributed by atoms with E-state index in [4.69, 9.17) is 0 Å². The second kappa shape index (κ2) is 10.6. The molecule has 3 nitrogen and oxygen atoms in total. The zero-order chi connectivity index (χ0) is 9.40. The van der Waals surface area contributed by atoms with E-state index in [1.807, 2.05) is 0 Å². The van der Waals surface area contributed by atoms with Gasteiger partial charge in [0.2, 0.25) is 0 Å². The van der Waals surface area contributed by atoms with Gasteiger partial charge >= 0.3 is 18.9 Å². The molecule has 0 spiro atoms. The summed E-state index contributed by atoms with van der Waals surface area (Å²) in [6, 6.07) is 0. The fraction of sp³-hybridized carbons (Fsp3) is 1.00. The van der Waals surface area contributed by atoms with E-state index in [-0.39, 0.29) is 18.9 Å². The maximum atomic E-state index is 4.42. The van der Waals surface area contributed by atoms with E-state index in [0.29, 0.717) is 0 Å². The summed E-state index contributed by atoms with van der Waals surface area (Å²) in [5.41, 5.74) is 0. The Balaban J connectivity index is 0. The predicted octanol–water partition coefficient (Wildman–Crippen LogP) is -2.12. The second-order valence-corrected chi connectivity index (χ2v) is 3.63. The van der Waals surface area contributed by atoms with Crippen molar-refractivity contribution in [2.75, 3.05) is 54.4 Å². The van der Waals surface area contributed by atoms with Gasteiger partial charge in [-0.25, -0.2) is 0 Å². The summed E-state index contributed by atoms with van der Waals surface area (Å²) in [5.74, 6) is 0. The van der Waals surface area contributed by atoms with Crippen molar-refractivity contribution in [2.45, 2.75) is 6.42 Å². The first-order valence-corrected chi connectivity index (χ1v) is 4.55. The minimum absolute atomic E-state index is 0. The molecule has 0 aliphatic rings. The van der Waals surface area contributed by atoms with Crippen LogP contribution < -0.4 is 18.9 Å². The third-order valence-electron chi connectivity index (χ3n) is 1.63. The Morgan fingerprint density at radius 2 is 1.38 bits per heavy atom. The van der Waals surface area contributed by atoms with Gasteiger partial charge in [-0.15, -0.1) is 13.1 Å². The minimum atomic E-state index is 0. The largest absolute Gasteiger partial charge is 1.00 e. The first-order chi connectivity index (χ1) is 5.63. The molecular formula is C9H22LiN3. The third kappa shape index (κ3) is 15.2. The van der Waals surface area contributed by atoms with Gasteiger partial charge in [0, 0.05) is 0 Å². The number of nitrogens with zero attached hydrogens (tertiary/aromatic N) is 3. The molecule has 0 saturated heterocycles. The number of hydrogen-bond acceptors (Lipinski definition) is 2. The minimum Gasteiger partial charge on any atom is -0.661 e. The molecule has 0 amide bonds. The van der Waals surface area contributed by atoms with Crippen LogP contribution in [0.2, 0.25) is 0 Å². The average Bonchev–Trinajstić information content (AvgIpc) is 1.95. The molecule has 4 heteroatoms. The molecule has 0 heterocycles. The fourth-order valence-electron chi connectivity index (χ4n) is 0.881. The van der Waals surface area contributed by atoms with Crippen LogP contribution >= 0.6 is 0 Å². The molecule has 0 aromatic heterocycles. The molecule has 74 valence electrons. The Morgan fingerprint density at radius 1 is 0.846 bits per heavy atom. The van der Waals surface area contributed by atoms with Gasteiger partial charge in [0.25, 0.3) is 0 Å². The molecule has 0 aliphatic carbocycles. The van der Waals surface area contributed by atoms with Gasteiger partial charge in [-0.1, -0.05) is 6.42 Å². The van der Waals surface area contributed by atoms with Gasteiger partial charge in [0.1, 0.15) is 0 Å². The van der Waals surface area contributed by atoms with Crippen molar-refractivity contribution in [3.8, 4) is 0 Å². The van der Waals surface area contributed by atoms with Crippen molar-refractivity contribution in [1.82, 2.24) is 9.80 Å². The molecule has 0 N–H and O–H groups in total. The molecule has 0 aromatic rings. The van der Waals surface area contributed by atoms with Crippen LogP contribution in [0.15, 0.2) is 0 Å². The van der Waals surface area contributed by atoms with Crippen LogP contribution in [0.3, 0.4) is 0 Å². The van der Waals surface area contributed by atoms with Crippen LogP contribution in [-0.2, 0) is 0 Å². The molecule has 0 atom stereocenters. The number of hydrogen-bond donors (Lipinski definition) is 0. The maximum absolute atomic E-state index is 4.42. The summed E-state index contributed by atoms with van der Waals surface area (Å²) in [4.78, 5) is 4.36. The Morgan fingerprint density at radius 3 is 1.85 bits per heavy atom. The van der Waals surface area contributed by atoms with Gasteiger partial charge in [-0.05, 0) is 41.3 Å². The van der Waals surface area contributed by atoms with Gasteiger partial charge in [-0.2, -0.15) is 0 Å². The van der Waals surface area contributed by atoms with E-state index in [2.05, 4.69) is 43.3 Å². The Hall–Kier alpha value is 0.477. The average molecular weight is 179 g/mol. The first kappa shape index (κ1) is 15.9. The summed E-state index contributed by atoms with van der Waals surface area (Å²) in [7, 11) is 8.35.